The lowest BCUT2D eigenvalue weighted by atomic mass is 10.0. The van der Waals surface area contributed by atoms with E-state index < -0.39 is 19.9 Å². The topological polar surface area (TPSA) is 103 Å². The van der Waals surface area contributed by atoms with Gasteiger partial charge >= 0.3 is 13.8 Å². The Morgan fingerprint density at radius 1 is 0.860 bits per heavy atom. The molecular formula is C33H62N2O7P+. The Morgan fingerprint density at radius 2 is 1.42 bits per heavy atom. The van der Waals surface area contributed by atoms with Crippen molar-refractivity contribution in [2.45, 2.75) is 110 Å². The third kappa shape index (κ3) is 25.7. The van der Waals surface area contributed by atoms with Gasteiger partial charge in [0.25, 0.3) is 0 Å². The van der Waals surface area contributed by atoms with E-state index >= 15 is 0 Å². The van der Waals surface area contributed by atoms with E-state index in [1.54, 1.807) is 0 Å². The highest BCUT2D eigenvalue weighted by Gasteiger charge is 2.28. The maximum atomic E-state index is 12.6. The zero-order valence-corrected chi connectivity index (χ0v) is 28.5. The van der Waals surface area contributed by atoms with Gasteiger partial charge in [-0.25, -0.2) is 4.57 Å². The first-order valence-corrected chi connectivity index (χ1v) is 18.0. The number of nitrogens with one attached hydrogen (secondary N) is 1. The molecule has 0 heterocycles. The summed E-state index contributed by atoms with van der Waals surface area (Å²) in [5.41, 5.74) is 0.904. The molecule has 0 radical (unpaired) electrons. The van der Waals surface area contributed by atoms with E-state index in [4.69, 9.17) is 18.5 Å². The van der Waals surface area contributed by atoms with Crippen LogP contribution in [0.25, 0.3) is 0 Å². The number of nitrogens with zero attached hydrogens (tertiary/aromatic N) is 1. The van der Waals surface area contributed by atoms with E-state index in [1.165, 1.54) is 77.0 Å². The number of quaternary nitrogens is 1. The molecule has 2 N–H and O–H groups in total. The number of esters is 1. The fourth-order valence-corrected chi connectivity index (χ4v) is 5.40. The number of rotatable bonds is 29. The average Bonchev–Trinajstić information content (AvgIpc) is 2.95. The molecule has 2 unspecified atom stereocenters. The quantitative estimate of drug-likeness (QED) is 0.0422. The maximum Gasteiger partial charge on any atom is 0.472 e. The van der Waals surface area contributed by atoms with Gasteiger partial charge in [0, 0.05) is 13.2 Å². The molecule has 0 bridgehead atoms. The van der Waals surface area contributed by atoms with Gasteiger partial charge in [-0.15, -0.1) is 0 Å². The van der Waals surface area contributed by atoms with Gasteiger partial charge in [0.1, 0.15) is 25.9 Å². The molecule has 1 aromatic rings. The van der Waals surface area contributed by atoms with E-state index in [-0.39, 0.29) is 32.9 Å². The van der Waals surface area contributed by atoms with Crippen LogP contribution in [-0.4, -0.2) is 82.0 Å². The fraction of sp³-hybridized carbons (Fsp3) is 0.788. The summed E-state index contributed by atoms with van der Waals surface area (Å²) >= 11 is 0. The minimum absolute atomic E-state index is 0.0518. The summed E-state index contributed by atoms with van der Waals surface area (Å²) in [5, 5.41) is 2.96. The number of carbonyl (C=O) groups excluding carboxylic acids is 1. The first-order chi connectivity index (χ1) is 20.6. The second-order valence-electron chi connectivity index (χ2n) is 12.5. The van der Waals surface area contributed by atoms with Gasteiger partial charge in [0.2, 0.25) is 0 Å². The van der Waals surface area contributed by atoms with Crippen LogP contribution in [0.4, 0.5) is 0 Å². The molecule has 1 rings (SSSR count). The Morgan fingerprint density at radius 3 is 1.98 bits per heavy atom. The van der Waals surface area contributed by atoms with Crippen LogP contribution < -0.4 is 5.32 Å². The SMILES string of the molecule is CCCCCCCCCCCCCCCCOCC(CNCC(=O)OCc1ccccc1)OP(=O)(O)OCC[N+](C)(C)C. The van der Waals surface area contributed by atoms with Crippen molar-refractivity contribution in [2.24, 2.45) is 0 Å². The molecule has 0 saturated carbocycles. The molecule has 0 saturated heterocycles. The molecule has 9 nitrogen and oxygen atoms in total. The normalized spacial score (nSPS) is 14.0. The average molecular weight is 630 g/mol. The number of benzene rings is 1. The molecule has 0 aliphatic heterocycles. The molecule has 0 fully saturated rings. The number of hydrogen-bond donors (Lipinski definition) is 2. The van der Waals surface area contributed by atoms with Crippen molar-refractivity contribution in [1.82, 2.24) is 5.32 Å². The van der Waals surface area contributed by atoms with Gasteiger partial charge in [-0.1, -0.05) is 121 Å². The van der Waals surface area contributed by atoms with Gasteiger partial charge in [0.15, 0.2) is 0 Å². The first-order valence-electron chi connectivity index (χ1n) is 16.6. The standard InChI is InChI=1S/C33H61N2O7P/c1-5-6-7-8-9-10-11-12-13-14-15-16-17-21-25-39-30-32(42-43(37,38)41-26-24-35(2,3)4)27-34-28-33(36)40-29-31-22-19-18-20-23-31/h18-20,22-23,32,34H,5-17,21,24-30H2,1-4H3/p+1. The van der Waals surface area contributed by atoms with E-state index in [0.717, 1.165) is 18.4 Å². The van der Waals surface area contributed by atoms with Crippen molar-refractivity contribution in [1.29, 1.82) is 0 Å². The number of hydrogen-bond acceptors (Lipinski definition) is 7. The molecule has 0 aromatic heterocycles. The summed E-state index contributed by atoms with van der Waals surface area (Å²) in [6, 6.07) is 9.45. The largest absolute Gasteiger partial charge is 0.472 e. The monoisotopic (exact) mass is 629 g/mol. The number of likely N-dealkylation sites (N-methyl/N-ethyl adjacent to an activating group) is 1. The number of carbonyl (C=O) groups is 1. The molecule has 43 heavy (non-hydrogen) atoms. The minimum atomic E-state index is -4.29. The zero-order valence-electron chi connectivity index (χ0n) is 27.6. The molecule has 0 amide bonds. The Labute approximate surface area is 262 Å². The van der Waals surface area contributed by atoms with Crippen LogP contribution in [0.3, 0.4) is 0 Å². The van der Waals surface area contributed by atoms with Crippen LogP contribution in [0.2, 0.25) is 0 Å². The number of unbranched alkanes of at least 4 members (excludes halogenated alkanes) is 13. The molecule has 10 heteroatoms. The highest BCUT2D eigenvalue weighted by Crippen LogP contribution is 2.44. The Hall–Kier alpha value is -1.32. The summed E-state index contributed by atoms with van der Waals surface area (Å²) in [5.74, 6) is -0.419. The molecule has 1 aromatic carbocycles. The Balaban J connectivity index is 2.27. The van der Waals surface area contributed by atoms with Crippen molar-refractivity contribution in [3.63, 3.8) is 0 Å². The summed E-state index contributed by atoms with van der Waals surface area (Å²) in [6.45, 7) is 3.85. The maximum absolute atomic E-state index is 12.6. The first kappa shape index (κ1) is 39.7. The van der Waals surface area contributed by atoms with Gasteiger partial charge in [0.05, 0.1) is 34.3 Å². The van der Waals surface area contributed by atoms with Crippen molar-refractivity contribution in [3.8, 4) is 0 Å². The van der Waals surface area contributed by atoms with Crippen LogP contribution in [-0.2, 0) is 34.5 Å². The van der Waals surface area contributed by atoms with E-state index in [9.17, 15) is 14.3 Å². The van der Waals surface area contributed by atoms with Gasteiger partial charge in [-0.2, -0.15) is 0 Å². The Kier molecular flexibility index (Phi) is 23.0. The van der Waals surface area contributed by atoms with Gasteiger partial charge in [-0.05, 0) is 12.0 Å². The van der Waals surface area contributed by atoms with Crippen molar-refractivity contribution in [2.75, 3.05) is 60.6 Å². The highest BCUT2D eigenvalue weighted by molar-refractivity contribution is 7.47. The lowest BCUT2D eigenvalue weighted by Crippen LogP contribution is -2.38. The predicted octanol–water partition coefficient (Wildman–Crippen LogP) is 7.03. The van der Waals surface area contributed by atoms with Gasteiger partial charge in [-0.3, -0.25) is 13.8 Å². The molecule has 0 spiro atoms. The molecule has 0 aliphatic rings. The fourth-order valence-electron chi connectivity index (χ4n) is 4.51. The number of ether oxygens (including phenoxy) is 2. The van der Waals surface area contributed by atoms with E-state index in [1.807, 2.05) is 51.5 Å². The summed E-state index contributed by atoms with van der Waals surface area (Å²) < 4.78 is 34.9. The van der Waals surface area contributed by atoms with Crippen LogP contribution >= 0.6 is 7.82 Å². The van der Waals surface area contributed by atoms with Crippen LogP contribution in [0.1, 0.15) is 102 Å². The lowest BCUT2D eigenvalue weighted by Gasteiger charge is -2.25. The minimum Gasteiger partial charge on any atom is -0.460 e. The third-order valence-corrected chi connectivity index (χ3v) is 8.20. The Bertz CT molecular complexity index is 851. The zero-order chi connectivity index (χ0) is 31.7. The summed E-state index contributed by atoms with van der Waals surface area (Å²) in [4.78, 5) is 22.4. The van der Waals surface area contributed by atoms with Crippen molar-refractivity contribution < 1.29 is 37.3 Å². The van der Waals surface area contributed by atoms with Gasteiger partial charge < -0.3 is 24.2 Å². The van der Waals surface area contributed by atoms with Crippen LogP contribution in [0.5, 0.6) is 0 Å². The predicted molar refractivity (Wildman–Crippen MR) is 174 cm³/mol. The number of phosphoric acid groups is 1. The third-order valence-electron chi connectivity index (χ3n) is 7.13. The summed E-state index contributed by atoms with van der Waals surface area (Å²) in [7, 11) is 1.63. The smallest absolute Gasteiger partial charge is 0.460 e. The number of phosphoric ester groups is 1. The second-order valence-corrected chi connectivity index (χ2v) is 13.9. The molecule has 0 aliphatic carbocycles. The highest BCUT2D eigenvalue weighted by atomic mass is 31.2. The van der Waals surface area contributed by atoms with Crippen LogP contribution in [0.15, 0.2) is 30.3 Å². The summed E-state index contributed by atoms with van der Waals surface area (Å²) in [6.07, 6.45) is 17.3. The molecule has 2 atom stereocenters. The molecule has 250 valence electrons. The van der Waals surface area contributed by atoms with Crippen LogP contribution in [0, 0.1) is 0 Å². The van der Waals surface area contributed by atoms with E-state index in [2.05, 4.69) is 12.2 Å². The lowest BCUT2D eigenvalue weighted by molar-refractivity contribution is -0.870. The second kappa shape index (κ2) is 24.9. The van der Waals surface area contributed by atoms with E-state index in [0.29, 0.717) is 17.6 Å². The molecular weight excluding hydrogens is 567 g/mol. The van der Waals surface area contributed by atoms with Crippen molar-refractivity contribution >= 4 is 13.8 Å². The van der Waals surface area contributed by atoms with Crippen molar-refractivity contribution in [3.05, 3.63) is 35.9 Å².